The highest BCUT2D eigenvalue weighted by atomic mass is 32.1. The number of carbonyl (C=O) groups is 2. The quantitative estimate of drug-likeness (QED) is 0.445. The number of amides is 1. The topological polar surface area (TPSA) is 89.3 Å². The molecule has 3 aromatic rings. The van der Waals surface area contributed by atoms with Crippen molar-refractivity contribution in [2.45, 2.75) is 45.0 Å². The third-order valence-corrected chi connectivity index (χ3v) is 5.36. The zero-order valence-electron chi connectivity index (χ0n) is 17.9. The lowest BCUT2D eigenvalue weighted by atomic mass is 10.2. The average molecular weight is 451 g/mol. The standard InChI is InChI=1S/C23H22N4O4S/c1-23(2,3)30-22(29)27-18(20(27)21(28)31-26-11-7-6-10-19(26)32)14-25-13-15(12-24)16-8-4-5-9-17(16)25/h4-11,13,18,20H,14H2,1-3H3/t18-,20+,27?/m0/s1. The van der Waals surface area contributed by atoms with Gasteiger partial charge in [-0.3, -0.25) is 4.90 Å². The van der Waals surface area contributed by atoms with E-state index in [9.17, 15) is 14.9 Å². The van der Waals surface area contributed by atoms with E-state index in [4.69, 9.17) is 21.8 Å². The van der Waals surface area contributed by atoms with Crippen LogP contribution in [0.25, 0.3) is 10.9 Å². The molecule has 1 amide bonds. The fourth-order valence-electron chi connectivity index (χ4n) is 3.63. The van der Waals surface area contributed by atoms with Crippen molar-refractivity contribution in [3.63, 3.8) is 0 Å². The highest BCUT2D eigenvalue weighted by Crippen LogP contribution is 2.34. The summed E-state index contributed by atoms with van der Waals surface area (Å²) in [6, 6.07) is 13.4. The molecular formula is C23H22N4O4S. The van der Waals surface area contributed by atoms with Crippen molar-refractivity contribution < 1.29 is 19.2 Å². The highest BCUT2D eigenvalue weighted by Gasteiger charge is 2.58. The Morgan fingerprint density at radius 3 is 2.56 bits per heavy atom. The monoisotopic (exact) mass is 450 g/mol. The Morgan fingerprint density at radius 1 is 1.16 bits per heavy atom. The molecule has 0 bridgehead atoms. The summed E-state index contributed by atoms with van der Waals surface area (Å²) >= 11 is 5.18. The summed E-state index contributed by atoms with van der Waals surface area (Å²) < 4.78 is 8.88. The van der Waals surface area contributed by atoms with Crippen LogP contribution in [0.5, 0.6) is 0 Å². The van der Waals surface area contributed by atoms with Gasteiger partial charge in [0.15, 0.2) is 6.04 Å². The maximum atomic E-state index is 12.9. The number of hydrogen-bond acceptors (Lipinski definition) is 6. The van der Waals surface area contributed by atoms with Gasteiger partial charge in [-0.15, -0.1) is 0 Å². The lowest BCUT2D eigenvalue weighted by Gasteiger charge is -2.20. The molecule has 2 aromatic heterocycles. The van der Waals surface area contributed by atoms with Crippen LogP contribution >= 0.6 is 12.2 Å². The van der Waals surface area contributed by atoms with Crippen molar-refractivity contribution in [3.8, 4) is 6.07 Å². The molecule has 0 N–H and O–H groups in total. The van der Waals surface area contributed by atoms with Crippen molar-refractivity contribution in [3.05, 3.63) is 65.1 Å². The number of carbonyl (C=O) groups excluding carboxylic acids is 2. The second kappa shape index (κ2) is 8.13. The molecule has 4 rings (SSSR count). The smallest absolute Gasteiger partial charge is 0.411 e. The zero-order valence-corrected chi connectivity index (χ0v) is 18.7. The van der Waals surface area contributed by atoms with Crippen LogP contribution in [-0.4, -0.2) is 43.9 Å². The molecule has 1 aromatic carbocycles. The molecule has 2 atom stereocenters. The van der Waals surface area contributed by atoms with Crippen LogP contribution in [0.1, 0.15) is 26.3 Å². The molecular weight excluding hydrogens is 428 g/mol. The Labute approximate surface area is 190 Å². The van der Waals surface area contributed by atoms with Crippen molar-refractivity contribution in [2.75, 3.05) is 0 Å². The molecule has 9 heteroatoms. The summed E-state index contributed by atoms with van der Waals surface area (Å²) in [7, 11) is 0. The minimum absolute atomic E-state index is 0.307. The van der Waals surface area contributed by atoms with Gasteiger partial charge in [-0.2, -0.15) is 9.99 Å². The van der Waals surface area contributed by atoms with E-state index in [0.717, 1.165) is 10.9 Å². The SMILES string of the molecule is CC(C)(C)OC(=O)N1[C@@H](Cn2cc(C#N)c3ccccc32)[C@@H]1C(=O)On1ccccc1=S. The summed E-state index contributed by atoms with van der Waals surface area (Å²) in [5, 5.41) is 10.3. The Morgan fingerprint density at radius 2 is 1.88 bits per heavy atom. The van der Waals surface area contributed by atoms with Gasteiger partial charge in [0.25, 0.3) is 0 Å². The molecule has 164 valence electrons. The molecule has 8 nitrogen and oxygen atoms in total. The number of benzene rings is 1. The van der Waals surface area contributed by atoms with E-state index in [1.807, 2.05) is 28.8 Å². The molecule has 0 aliphatic carbocycles. The van der Waals surface area contributed by atoms with Gasteiger partial charge in [-0.25, -0.2) is 9.59 Å². The number of nitrogens with zero attached hydrogens (tertiary/aromatic N) is 4. The summed E-state index contributed by atoms with van der Waals surface area (Å²) in [6.45, 7) is 5.59. The number of hydrogen-bond donors (Lipinski definition) is 0. The summed E-state index contributed by atoms with van der Waals surface area (Å²) in [5.41, 5.74) is 0.659. The first-order valence-electron chi connectivity index (χ1n) is 10.1. The number of pyridine rings is 1. The zero-order chi connectivity index (χ0) is 23.0. The van der Waals surface area contributed by atoms with E-state index >= 15 is 0 Å². The minimum atomic E-state index is -0.835. The number of rotatable bonds is 4. The third-order valence-electron chi connectivity index (χ3n) is 5.05. The summed E-state index contributed by atoms with van der Waals surface area (Å²) in [5.74, 6) is -0.611. The molecule has 1 aliphatic rings. The maximum Gasteiger partial charge on any atom is 0.411 e. The molecule has 0 radical (unpaired) electrons. The number of fused-ring (bicyclic) bond motifs is 1. The van der Waals surface area contributed by atoms with E-state index in [1.54, 1.807) is 45.2 Å². The van der Waals surface area contributed by atoms with Crippen LogP contribution in [0, 0.1) is 16.0 Å². The second-order valence-corrected chi connectivity index (χ2v) is 8.92. The Bertz CT molecular complexity index is 1300. The first-order chi connectivity index (χ1) is 15.2. The minimum Gasteiger partial charge on any atom is -0.444 e. The number of para-hydroxylation sites is 1. The van der Waals surface area contributed by atoms with Crippen molar-refractivity contribution in [2.24, 2.45) is 0 Å². The van der Waals surface area contributed by atoms with Gasteiger partial charge in [0.2, 0.25) is 0 Å². The van der Waals surface area contributed by atoms with Crippen LogP contribution in [0.2, 0.25) is 0 Å². The van der Waals surface area contributed by atoms with Gasteiger partial charge in [-0.1, -0.05) is 36.5 Å². The lowest BCUT2D eigenvalue weighted by molar-refractivity contribution is -0.144. The molecule has 0 saturated carbocycles. The molecule has 1 fully saturated rings. The van der Waals surface area contributed by atoms with Gasteiger partial charge < -0.3 is 14.1 Å². The van der Waals surface area contributed by atoms with E-state index in [1.165, 1.54) is 15.8 Å². The molecule has 1 saturated heterocycles. The van der Waals surface area contributed by atoms with E-state index in [0.29, 0.717) is 16.7 Å². The van der Waals surface area contributed by atoms with Gasteiger partial charge in [-0.05, 0) is 39.0 Å². The van der Waals surface area contributed by atoms with E-state index in [2.05, 4.69) is 6.07 Å². The molecule has 3 heterocycles. The van der Waals surface area contributed by atoms with Crippen LogP contribution in [0.3, 0.4) is 0 Å². The lowest BCUT2D eigenvalue weighted by Crippen LogP contribution is -2.31. The number of nitriles is 1. The first kappa shape index (κ1) is 21.6. The van der Waals surface area contributed by atoms with Gasteiger partial charge >= 0.3 is 12.1 Å². The normalized spacial score (nSPS) is 17.6. The maximum absolute atomic E-state index is 12.9. The van der Waals surface area contributed by atoms with Crippen molar-refractivity contribution in [1.29, 1.82) is 5.26 Å². The van der Waals surface area contributed by atoms with Crippen LogP contribution in [0.15, 0.2) is 54.9 Å². The van der Waals surface area contributed by atoms with Crippen LogP contribution in [0.4, 0.5) is 4.79 Å². The van der Waals surface area contributed by atoms with Gasteiger partial charge in [0.05, 0.1) is 11.6 Å². The van der Waals surface area contributed by atoms with Gasteiger partial charge in [0, 0.05) is 29.8 Å². The molecule has 0 unspecified atom stereocenters. The summed E-state index contributed by atoms with van der Waals surface area (Å²) in [6.07, 6.45) is 2.66. The Balaban J connectivity index is 1.62. The predicted molar refractivity (Wildman–Crippen MR) is 119 cm³/mol. The van der Waals surface area contributed by atoms with E-state index < -0.39 is 29.7 Å². The third kappa shape index (κ3) is 4.22. The van der Waals surface area contributed by atoms with E-state index in [-0.39, 0.29) is 0 Å². The van der Waals surface area contributed by atoms with Crippen molar-refractivity contribution >= 4 is 35.2 Å². The Hall–Kier alpha value is -3.64. The van der Waals surface area contributed by atoms with Crippen LogP contribution in [-0.2, 0) is 16.1 Å². The first-order valence-corrected chi connectivity index (χ1v) is 10.5. The molecule has 0 spiro atoms. The van der Waals surface area contributed by atoms with Gasteiger partial charge in [0.1, 0.15) is 16.3 Å². The second-order valence-electron chi connectivity index (χ2n) is 8.50. The highest BCUT2D eigenvalue weighted by molar-refractivity contribution is 7.71. The van der Waals surface area contributed by atoms with Crippen LogP contribution < -0.4 is 4.84 Å². The molecule has 1 aliphatic heterocycles. The fraction of sp³-hybridized carbons (Fsp3) is 0.304. The number of ether oxygens (including phenoxy) is 1. The fourth-order valence-corrected chi connectivity index (χ4v) is 3.81. The average Bonchev–Trinajstić information content (AvgIpc) is 3.34. The number of aromatic nitrogens is 2. The van der Waals surface area contributed by atoms with Crippen molar-refractivity contribution in [1.82, 2.24) is 14.2 Å². The summed E-state index contributed by atoms with van der Waals surface area (Å²) in [4.78, 5) is 32.5. The Kier molecular flexibility index (Phi) is 5.48. The largest absolute Gasteiger partial charge is 0.444 e. The molecule has 32 heavy (non-hydrogen) atoms. The predicted octanol–water partition coefficient (Wildman–Crippen LogP) is 3.69.